The van der Waals surface area contributed by atoms with Gasteiger partial charge in [-0.1, -0.05) is 136 Å². The summed E-state index contributed by atoms with van der Waals surface area (Å²) in [5.41, 5.74) is 4.18. The predicted octanol–water partition coefficient (Wildman–Crippen LogP) is 10.4. The zero-order chi connectivity index (χ0) is 28.0. The summed E-state index contributed by atoms with van der Waals surface area (Å²) in [5, 5.41) is 5.69. The number of nitrogens with zero attached hydrogens (tertiary/aromatic N) is 2. The normalized spacial score (nSPS) is 18.9. The topological polar surface area (TPSA) is 27.6 Å². The first-order valence-electron chi connectivity index (χ1n) is 15.8. The minimum absolute atomic E-state index is 0.0234. The Labute approximate surface area is 241 Å². The number of nitrogens with one attached hydrogen (secondary N) is 1. The number of aliphatic imine (C=N–C) groups is 1. The summed E-state index contributed by atoms with van der Waals surface area (Å²) >= 11 is 0. The molecule has 4 heteroatoms. The average molecular weight is 548 g/mol. The standard InChI is InChI=1S/C35H54N3P/c1-26(2)31-24-17-25-32(27(3)4)33(31)37-39(30-22-15-10-16-23-30)38(29-20-13-9-14-21-29)34(35(5,6)7)36-28-18-11-8-12-19-28/h10,15-17,22-29,37H,8-9,11-14,18-21H2,1-7H3. The zero-order valence-corrected chi connectivity index (χ0v) is 26.7. The second-order valence-corrected chi connectivity index (χ2v) is 15.3. The smallest absolute Gasteiger partial charge is 0.127 e. The Balaban J connectivity index is 1.90. The molecule has 2 aromatic carbocycles. The van der Waals surface area contributed by atoms with Gasteiger partial charge in [0.25, 0.3) is 0 Å². The maximum absolute atomic E-state index is 5.70. The minimum atomic E-state index is -0.878. The Hall–Kier alpha value is -1.86. The summed E-state index contributed by atoms with van der Waals surface area (Å²) in [5.74, 6) is 2.25. The van der Waals surface area contributed by atoms with E-state index in [1.54, 1.807) is 0 Å². The lowest BCUT2D eigenvalue weighted by molar-refractivity contribution is 0.316. The van der Waals surface area contributed by atoms with Gasteiger partial charge in [0.15, 0.2) is 0 Å². The van der Waals surface area contributed by atoms with Crippen molar-refractivity contribution in [3.8, 4) is 0 Å². The van der Waals surface area contributed by atoms with Crippen molar-refractivity contribution in [3.05, 3.63) is 59.7 Å². The molecule has 0 spiro atoms. The van der Waals surface area contributed by atoms with E-state index in [4.69, 9.17) is 4.99 Å². The maximum atomic E-state index is 5.70. The third kappa shape index (κ3) is 7.66. The van der Waals surface area contributed by atoms with Gasteiger partial charge in [0, 0.05) is 22.4 Å². The van der Waals surface area contributed by atoms with E-state index in [1.807, 2.05) is 0 Å². The highest BCUT2D eigenvalue weighted by Gasteiger charge is 2.38. The lowest BCUT2D eigenvalue weighted by Crippen LogP contribution is -2.47. The molecule has 2 fully saturated rings. The van der Waals surface area contributed by atoms with Crippen LogP contribution in [-0.2, 0) is 0 Å². The second-order valence-electron chi connectivity index (χ2n) is 13.5. The van der Waals surface area contributed by atoms with Crippen molar-refractivity contribution in [1.82, 2.24) is 4.67 Å². The number of hydrogen-bond acceptors (Lipinski definition) is 2. The number of para-hydroxylation sites is 1. The first kappa shape index (κ1) is 30.1. The van der Waals surface area contributed by atoms with Crippen molar-refractivity contribution >= 4 is 25.1 Å². The van der Waals surface area contributed by atoms with E-state index in [0.717, 1.165) is 0 Å². The van der Waals surface area contributed by atoms with Gasteiger partial charge in [-0.05, 0) is 48.6 Å². The maximum Gasteiger partial charge on any atom is 0.127 e. The number of hydrogen-bond donors (Lipinski definition) is 1. The first-order valence-corrected chi connectivity index (χ1v) is 17.1. The Morgan fingerprint density at radius 1 is 0.769 bits per heavy atom. The summed E-state index contributed by atoms with van der Waals surface area (Å²) in [6.07, 6.45) is 13.0. The molecule has 4 rings (SSSR count). The fourth-order valence-corrected chi connectivity index (χ4v) is 8.84. The summed E-state index contributed by atoms with van der Waals surface area (Å²) in [7, 11) is -0.878. The Morgan fingerprint density at radius 3 is 1.82 bits per heavy atom. The van der Waals surface area contributed by atoms with E-state index < -0.39 is 8.22 Å². The Morgan fingerprint density at radius 2 is 1.31 bits per heavy atom. The fraction of sp³-hybridized carbons (Fsp3) is 0.629. The molecule has 0 amide bonds. The van der Waals surface area contributed by atoms with E-state index in [9.17, 15) is 0 Å². The highest BCUT2D eigenvalue weighted by molar-refractivity contribution is 7.65. The minimum Gasteiger partial charge on any atom is -0.344 e. The number of anilines is 1. The quantitative estimate of drug-likeness (QED) is 0.202. The first-order chi connectivity index (χ1) is 18.7. The summed E-state index contributed by atoms with van der Waals surface area (Å²) in [4.78, 5) is 5.70. The van der Waals surface area contributed by atoms with Gasteiger partial charge in [0.1, 0.15) is 14.1 Å². The van der Waals surface area contributed by atoms with E-state index in [-0.39, 0.29) is 5.41 Å². The SMILES string of the molecule is CC(C)c1cccc(C(C)C)c1NP(c1ccccc1)N(C(=NC1CCCCC1)C(C)(C)C)C1CCCCC1. The molecule has 0 heterocycles. The molecule has 39 heavy (non-hydrogen) atoms. The molecule has 1 N–H and O–H groups in total. The van der Waals surface area contributed by atoms with Crippen LogP contribution < -0.4 is 10.4 Å². The molecule has 0 bridgehead atoms. The third-order valence-electron chi connectivity index (χ3n) is 8.49. The van der Waals surface area contributed by atoms with E-state index in [0.29, 0.717) is 23.9 Å². The van der Waals surface area contributed by atoms with Crippen LogP contribution in [0.1, 0.15) is 136 Å². The highest BCUT2D eigenvalue weighted by Crippen LogP contribution is 2.49. The van der Waals surface area contributed by atoms with Gasteiger partial charge in [-0.2, -0.15) is 0 Å². The molecular weight excluding hydrogens is 493 g/mol. The third-order valence-corrected chi connectivity index (χ3v) is 10.7. The van der Waals surface area contributed by atoms with Crippen molar-refractivity contribution in [2.45, 2.75) is 137 Å². The van der Waals surface area contributed by atoms with Crippen LogP contribution in [0.15, 0.2) is 53.5 Å². The number of benzene rings is 2. The second kappa shape index (κ2) is 13.7. The molecule has 0 saturated heterocycles. The van der Waals surface area contributed by atoms with E-state index >= 15 is 0 Å². The Bertz CT molecular complexity index is 1030. The van der Waals surface area contributed by atoms with Gasteiger partial charge in [-0.15, -0.1) is 0 Å². The molecule has 2 aliphatic rings. The van der Waals surface area contributed by atoms with Crippen LogP contribution in [0.5, 0.6) is 0 Å². The van der Waals surface area contributed by atoms with Crippen molar-refractivity contribution in [1.29, 1.82) is 0 Å². The molecule has 0 aromatic heterocycles. The molecular formula is C35H54N3P. The summed E-state index contributed by atoms with van der Waals surface area (Å²) in [6.45, 7) is 16.5. The van der Waals surface area contributed by atoms with Crippen molar-refractivity contribution in [2.24, 2.45) is 10.4 Å². The van der Waals surface area contributed by atoms with Gasteiger partial charge in [0.05, 0.1) is 6.04 Å². The van der Waals surface area contributed by atoms with Crippen LogP contribution in [0.3, 0.4) is 0 Å². The van der Waals surface area contributed by atoms with Gasteiger partial charge < -0.3 is 9.76 Å². The molecule has 2 aromatic rings. The monoisotopic (exact) mass is 547 g/mol. The van der Waals surface area contributed by atoms with Crippen LogP contribution in [0.4, 0.5) is 5.69 Å². The highest BCUT2D eigenvalue weighted by atomic mass is 31.1. The molecule has 2 aliphatic carbocycles. The zero-order valence-electron chi connectivity index (χ0n) is 25.8. The van der Waals surface area contributed by atoms with E-state index in [1.165, 1.54) is 92.2 Å². The summed E-state index contributed by atoms with van der Waals surface area (Å²) in [6, 6.07) is 19.2. The van der Waals surface area contributed by atoms with Gasteiger partial charge >= 0.3 is 0 Å². The molecule has 214 valence electrons. The van der Waals surface area contributed by atoms with Crippen molar-refractivity contribution in [3.63, 3.8) is 0 Å². The van der Waals surface area contributed by atoms with Gasteiger partial charge in [0.2, 0.25) is 0 Å². The molecule has 0 aliphatic heterocycles. The van der Waals surface area contributed by atoms with Crippen LogP contribution in [0.2, 0.25) is 0 Å². The largest absolute Gasteiger partial charge is 0.344 e. The number of amidine groups is 1. The van der Waals surface area contributed by atoms with Crippen LogP contribution in [0.25, 0.3) is 0 Å². The lowest BCUT2D eigenvalue weighted by atomic mass is 9.90. The van der Waals surface area contributed by atoms with Crippen LogP contribution >= 0.6 is 8.22 Å². The molecule has 1 unspecified atom stereocenters. The molecule has 0 radical (unpaired) electrons. The van der Waals surface area contributed by atoms with Gasteiger partial charge in [-0.25, -0.2) is 0 Å². The average Bonchev–Trinajstić information content (AvgIpc) is 2.93. The number of rotatable bonds is 8. The molecule has 2 saturated carbocycles. The molecule has 3 nitrogen and oxygen atoms in total. The fourth-order valence-electron chi connectivity index (χ4n) is 6.33. The Kier molecular flexibility index (Phi) is 10.6. The van der Waals surface area contributed by atoms with Crippen molar-refractivity contribution < 1.29 is 0 Å². The summed E-state index contributed by atoms with van der Waals surface area (Å²) < 4.78 is 2.83. The lowest BCUT2D eigenvalue weighted by Gasteiger charge is -2.46. The van der Waals surface area contributed by atoms with Crippen LogP contribution in [0, 0.1) is 5.41 Å². The predicted molar refractivity (Wildman–Crippen MR) is 174 cm³/mol. The van der Waals surface area contributed by atoms with Crippen molar-refractivity contribution in [2.75, 3.05) is 5.09 Å². The molecule has 1 atom stereocenters. The van der Waals surface area contributed by atoms with Gasteiger partial charge in [-0.3, -0.25) is 4.99 Å². The van der Waals surface area contributed by atoms with Crippen LogP contribution in [-0.4, -0.2) is 22.6 Å². The van der Waals surface area contributed by atoms with E-state index in [2.05, 4.69) is 107 Å².